The molecule has 202 valence electrons. The Labute approximate surface area is 231 Å². The van der Waals surface area contributed by atoms with Crippen molar-refractivity contribution in [2.45, 2.75) is 32.9 Å². The number of hydrogen-bond donors (Lipinski definition) is 1. The molecular formula is C30H29ClN2O6. The number of nitrogens with zero attached hydrogens (tertiary/aromatic N) is 1. The van der Waals surface area contributed by atoms with Gasteiger partial charge in [-0.1, -0.05) is 23.7 Å². The quantitative estimate of drug-likeness (QED) is 0.292. The van der Waals surface area contributed by atoms with Crippen LogP contribution in [0.2, 0.25) is 5.02 Å². The van der Waals surface area contributed by atoms with Gasteiger partial charge >= 0.3 is 5.97 Å². The predicted molar refractivity (Wildman–Crippen MR) is 149 cm³/mol. The average molecular weight is 549 g/mol. The van der Waals surface area contributed by atoms with Gasteiger partial charge in [0, 0.05) is 28.2 Å². The Morgan fingerprint density at radius 1 is 0.923 bits per heavy atom. The highest BCUT2D eigenvalue weighted by Crippen LogP contribution is 2.31. The van der Waals surface area contributed by atoms with Gasteiger partial charge < -0.3 is 19.5 Å². The fraction of sp³-hybridized carbons (Fsp3) is 0.233. The topological polar surface area (TPSA) is 95.9 Å². The molecule has 39 heavy (non-hydrogen) atoms. The Bertz CT molecular complexity index is 1510. The van der Waals surface area contributed by atoms with E-state index in [0.717, 1.165) is 11.3 Å². The molecule has 0 spiro atoms. The number of fused-ring (bicyclic) bond motifs is 1. The van der Waals surface area contributed by atoms with Crippen molar-refractivity contribution in [1.82, 2.24) is 9.88 Å². The molecular weight excluding hydrogens is 520 g/mol. The summed E-state index contributed by atoms with van der Waals surface area (Å²) in [6.45, 7) is 3.57. The van der Waals surface area contributed by atoms with Crippen LogP contribution >= 0.6 is 11.6 Å². The second-order valence-corrected chi connectivity index (χ2v) is 9.41. The summed E-state index contributed by atoms with van der Waals surface area (Å²) in [7, 11) is 3.13. The summed E-state index contributed by atoms with van der Waals surface area (Å²) >= 11 is 5.99. The molecule has 0 saturated carbocycles. The fourth-order valence-electron chi connectivity index (χ4n) is 4.31. The van der Waals surface area contributed by atoms with Crippen molar-refractivity contribution < 1.29 is 28.6 Å². The molecule has 1 amide bonds. The van der Waals surface area contributed by atoms with Crippen molar-refractivity contribution in [3.05, 3.63) is 94.1 Å². The third-order valence-corrected chi connectivity index (χ3v) is 6.71. The van der Waals surface area contributed by atoms with Gasteiger partial charge in [-0.2, -0.15) is 0 Å². The maximum Gasteiger partial charge on any atom is 0.311 e. The smallest absolute Gasteiger partial charge is 0.311 e. The van der Waals surface area contributed by atoms with E-state index < -0.39 is 18.0 Å². The predicted octanol–water partition coefficient (Wildman–Crippen LogP) is 5.10. The second-order valence-electron chi connectivity index (χ2n) is 8.97. The van der Waals surface area contributed by atoms with Crippen LogP contribution < -0.4 is 14.8 Å². The van der Waals surface area contributed by atoms with Crippen LogP contribution in [0.3, 0.4) is 0 Å². The number of carbonyl (C=O) groups is 3. The fourth-order valence-corrected chi connectivity index (χ4v) is 4.43. The van der Waals surface area contributed by atoms with E-state index in [1.807, 2.05) is 12.1 Å². The molecule has 1 N–H and O–H groups in total. The highest BCUT2D eigenvalue weighted by molar-refractivity contribution is 6.30. The summed E-state index contributed by atoms with van der Waals surface area (Å²) in [6.07, 6.45) is -1.14. The molecule has 0 aliphatic rings. The minimum Gasteiger partial charge on any atom is -0.497 e. The molecule has 4 rings (SSSR count). The van der Waals surface area contributed by atoms with Gasteiger partial charge in [-0.3, -0.25) is 19.0 Å². The maximum absolute atomic E-state index is 13.5. The van der Waals surface area contributed by atoms with Gasteiger partial charge in [0.05, 0.1) is 26.2 Å². The Kier molecular flexibility index (Phi) is 8.56. The standard InChI is InChI=1S/C30H29ClN2O6/c1-18-25(16-28(34)39-19(2)29(35)32-17-20-5-11-23(37-3)12-6-20)26-15-24(38-4)13-14-27(26)33(18)30(36)21-7-9-22(31)10-8-21/h5-15,19H,16-17H2,1-4H3,(H,32,35)/t19-/m0/s1. The zero-order chi connectivity index (χ0) is 28.1. The van der Waals surface area contributed by atoms with Crippen LogP contribution in [0.4, 0.5) is 0 Å². The van der Waals surface area contributed by atoms with Crippen molar-refractivity contribution >= 4 is 40.3 Å². The summed E-state index contributed by atoms with van der Waals surface area (Å²) in [5.74, 6) is 0.0325. The third kappa shape index (κ3) is 6.23. The van der Waals surface area contributed by atoms with Crippen molar-refractivity contribution in [1.29, 1.82) is 0 Å². The van der Waals surface area contributed by atoms with Crippen LogP contribution in [0, 0.1) is 6.92 Å². The molecule has 0 bridgehead atoms. The number of methoxy groups -OCH3 is 2. The van der Waals surface area contributed by atoms with Gasteiger partial charge in [0.2, 0.25) is 0 Å². The summed E-state index contributed by atoms with van der Waals surface area (Å²) in [5.41, 5.74) is 3.16. The van der Waals surface area contributed by atoms with Gasteiger partial charge in [-0.05, 0) is 79.6 Å². The number of nitrogens with one attached hydrogen (secondary N) is 1. The highest BCUT2D eigenvalue weighted by atomic mass is 35.5. The van der Waals surface area contributed by atoms with E-state index in [2.05, 4.69) is 5.32 Å². The lowest BCUT2D eigenvalue weighted by molar-refractivity contribution is -0.154. The molecule has 9 heteroatoms. The van der Waals surface area contributed by atoms with Crippen LogP contribution in [-0.2, 0) is 27.3 Å². The Morgan fingerprint density at radius 3 is 2.21 bits per heavy atom. The van der Waals surface area contributed by atoms with E-state index in [-0.39, 0.29) is 18.9 Å². The molecule has 4 aromatic rings. The first-order valence-corrected chi connectivity index (χ1v) is 12.7. The van der Waals surface area contributed by atoms with Crippen molar-refractivity contribution in [2.24, 2.45) is 0 Å². The minimum absolute atomic E-state index is 0.132. The number of ether oxygens (including phenoxy) is 3. The number of halogens is 1. The van der Waals surface area contributed by atoms with Gasteiger partial charge in [-0.25, -0.2) is 0 Å². The molecule has 0 aliphatic heterocycles. The first kappa shape index (κ1) is 27.7. The number of hydrogen-bond acceptors (Lipinski definition) is 6. The second kappa shape index (κ2) is 12.0. The van der Waals surface area contributed by atoms with Crippen molar-refractivity contribution in [3.63, 3.8) is 0 Å². The number of carbonyl (C=O) groups excluding carboxylic acids is 3. The van der Waals surface area contributed by atoms with Gasteiger partial charge in [-0.15, -0.1) is 0 Å². The molecule has 0 radical (unpaired) electrons. The molecule has 0 fully saturated rings. The molecule has 3 aromatic carbocycles. The monoisotopic (exact) mass is 548 g/mol. The highest BCUT2D eigenvalue weighted by Gasteiger charge is 2.24. The number of amides is 1. The van der Waals surface area contributed by atoms with Gasteiger partial charge in [0.25, 0.3) is 11.8 Å². The summed E-state index contributed by atoms with van der Waals surface area (Å²) < 4.78 is 17.5. The molecule has 0 saturated heterocycles. The Morgan fingerprint density at radius 2 is 1.56 bits per heavy atom. The lowest BCUT2D eigenvalue weighted by Gasteiger charge is -2.14. The van der Waals surface area contributed by atoms with Crippen LogP contribution in [0.5, 0.6) is 11.5 Å². The minimum atomic E-state index is -1.00. The number of rotatable bonds is 9. The molecule has 0 aliphatic carbocycles. The van der Waals surface area contributed by atoms with E-state index in [4.69, 9.17) is 25.8 Å². The number of benzene rings is 3. The largest absolute Gasteiger partial charge is 0.497 e. The molecule has 1 atom stereocenters. The third-order valence-electron chi connectivity index (χ3n) is 6.46. The maximum atomic E-state index is 13.5. The van der Waals surface area contributed by atoms with E-state index in [1.165, 1.54) is 6.92 Å². The van der Waals surface area contributed by atoms with Crippen LogP contribution in [0.1, 0.15) is 34.1 Å². The SMILES string of the molecule is COc1ccc(CNC(=O)[C@H](C)OC(=O)Cc2c(C)n(C(=O)c3ccc(Cl)cc3)c3ccc(OC)cc23)cc1. The number of aromatic nitrogens is 1. The van der Waals surface area contributed by atoms with Crippen LogP contribution in [-0.4, -0.2) is 42.7 Å². The van der Waals surface area contributed by atoms with E-state index >= 15 is 0 Å². The first-order chi connectivity index (χ1) is 18.7. The number of esters is 1. The first-order valence-electron chi connectivity index (χ1n) is 12.3. The normalized spacial score (nSPS) is 11.6. The zero-order valence-corrected chi connectivity index (χ0v) is 22.9. The van der Waals surface area contributed by atoms with Gasteiger partial charge in [0.1, 0.15) is 11.5 Å². The lowest BCUT2D eigenvalue weighted by Crippen LogP contribution is -2.35. The van der Waals surface area contributed by atoms with E-state index in [0.29, 0.717) is 38.5 Å². The Hall–Kier alpha value is -4.30. The average Bonchev–Trinajstić information content (AvgIpc) is 3.21. The summed E-state index contributed by atoms with van der Waals surface area (Å²) in [4.78, 5) is 39.0. The van der Waals surface area contributed by atoms with E-state index in [1.54, 1.807) is 80.3 Å². The van der Waals surface area contributed by atoms with E-state index in [9.17, 15) is 14.4 Å². The molecule has 1 aromatic heterocycles. The van der Waals surface area contributed by atoms with Crippen molar-refractivity contribution in [2.75, 3.05) is 14.2 Å². The summed E-state index contributed by atoms with van der Waals surface area (Å²) in [5, 5.41) is 3.98. The van der Waals surface area contributed by atoms with Gasteiger partial charge in [0.15, 0.2) is 6.10 Å². The molecule has 8 nitrogen and oxygen atoms in total. The molecule has 0 unspecified atom stereocenters. The lowest BCUT2D eigenvalue weighted by atomic mass is 10.1. The van der Waals surface area contributed by atoms with Crippen LogP contribution in [0.15, 0.2) is 66.7 Å². The Balaban J connectivity index is 1.51. The van der Waals surface area contributed by atoms with Crippen LogP contribution in [0.25, 0.3) is 10.9 Å². The zero-order valence-electron chi connectivity index (χ0n) is 22.1. The summed E-state index contributed by atoms with van der Waals surface area (Å²) in [6, 6.07) is 19.2. The molecule has 1 heterocycles. The van der Waals surface area contributed by atoms with Crippen molar-refractivity contribution in [3.8, 4) is 11.5 Å².